The van der Waals surface area contributed by atoms with Crippen LogP contribution in [0.4, 0.5) is 15.9 Å². The first-order valence-corrected chi connectivity index (χ1v) is 27.5. The number of thiazole rings is 1. The number of nitrogens with two attached hydrogens (primary N) is 1. The van der Waals surface area contributed by atoms with E-state index in [0.29, 0.717) is 71.0 Å². The van der Waals surface area contributed by atoms with E-state index in [9.17, 15) is 33.5 Å². The van der Waals surface area contributed by atoms with Crippen LogP contribution in [0.5, 0.6) is 5.75 Å². The molecule has 2 aromatic heterocycles. The van der Waals surface area contributed by atoms with E-state index in [1.54, 1.807) is 55.7 Å². The van der Waals surface area contributed by atoms with Crippen molar-refractivity contribution in [2.45, 2.75) is 133 Å². The quantitative estimate of drug-likeness (QED) is 0.0683. The van der Waals surface area contributed by atoms with Gasteiger partial charge >= 0.3 is 0 Å². The zero-order chi connectivity index (χ0) is 53.0. The fraction of sp³-hybridized carbons (Fsp3) is 0.547. The fourth-order valence-electron chi connectivity index (χ4n) is 9.52. The number of carbonyl (C=O) groups excluding carboxylic acids is 5. The largest absolute Gasteiger partial charge is 0.493 e. The number of nitrogens with zero attached hydrogens (tertiary/aromatic N) is 6. The molecule has 21 heteroatoms. The molecule has 0 spiro atoms. The third kappa shape index (κ3) is 13.3. The highest BCUT2D eigenvalue weighted by Crippen LogP contribution is 2.41. The lowest BCUT2D eigenvalue weighted by molar-refractivity contribution is -0.145. The van der Waals surface area contributed by atoms with Gasteiger partial charge in [-0.25, -0.2) is 19.3 Å². The van der Waals surface area contributed by atoms with Gasteiger partial charge in [0.15, 0.2) is 5.67 Å². The molecule has 5 heterocycles. The predicted octanol–water partition coefficient (Wildman–Crippen LogP) is 6.93. The first-order chi connectivity index (χ1) is 35.2. The van der Waals surface area contributed by atoms with Gasteiger partial charge in [0, 0.05) is 69.0 Å². The van der Waals surface area contributed by atoms with Gasteiger partial charge in [-0.15, -0.1) is 11.3 Å². The lowest BCUT2D eigenvalue weighted by atomic mass is 9.80. The minimum atomic E-state index is -1.99. The summed E-state index contributed by atoms with van der Waals surface area (Å²) in [6.07, 6.45) is 6.14. The number of alkyl halides is 1. The number of aliphatic hydroxyl groups excluding tert-OH is 1. The van der Waals surface area contributed by atoms with Gasteiger partial charge in [-0.1, -0.05) is 69.3 Å². The van der Waals surface area contributed by atoms with Crippen molar-refractivity contribution >= 4 is 75.7 Å². The number of anilines is 2. The van der Waals surface area contributed by atoms with Crippen molar-refractivity contribution in [3.05, 3.63) is 70.6 Å². The number of nitrogens with one attached hydrogen (secondary N) is 3. The van der Waals surface area contributed by atoms with E-state index < -0.39 is 47.0 Å². The standard InChI is InChI=1S/C53H68ClFN10O7S2/c1-32-46(73-31-60-32)34-9-10-35(25-59-48(69)38-24-36(66)28-65(38)49(70)47(51(2,3)4)62-50(71)53(55)15-16-53)39(23-34)72-29-33-13-19-64(20-14-33)44(68)12-11-42(67)61-37-7-6-8-40(45(37)54)74-43-27-57-41(26-58-43)63-21-17-52(5,30-56)18-22-63/h6-10,23,26-27,31,33,36,38,47,66H,11-22,24-25,28-30,56H2,1-5H3,(H,59,69)(H,61,67)(H,62,71)/t36-,38+,47-/m1/s1. The van der Waals surface area contributed by atoms with Gasteiger partial charge < -0.3 is 46.2 Å². The molecule has 1 saturated carbocycles. The highest BCUT2D eigenvalue weighted by molar-refractivity contribution is 7.99. The topological polar surface area (TPSA) is 225 Å². The van der Waals surface area contributed by atoms with Crippen LogP contribution in [-0.2, 0) is 30.5 Å². The number of aliphatic hydroxyl groups is 1. The van der Waals surface area contributed by atoms with E-state index in [0.717, 1.165) is 47.9 Å². The molecule has 0 radical (unpaired) electrons. The average molecular weight is 1080 g/mol. The van der Waals surface area contributed by atoms with Gasteiger partial charge in [-0.2, -0.15) is 0 Å². The third-order valence-electron chi connectivity index (χ3n) is 14.7. The molecule has 0 unspecified atom stereocenters. The molecule has 398 valence electrons. The van der Waals surface area contributed by atoms with E-state index >= 15 is 0 Å². The molecule has 74 heavy (non-hydrogen) atoms. The molecule has 17 nitrogen and oxygen atoms in total. The van der Waals surface area contributed by atoms with Crippen molar-refractivity contribution in [3.8, 4) is 16.2 Å². The van der Waals surface area contributed by atoms with Crippen molar-refractivity contribution in [3.63, 3.8) is 0 Å². The second kappa shape index (κ2) is 23.2. The van der Waals surface area contributed by atoms with E-state index in [4.69, 9.17) is 22.1 Å². The fourth-order valence-corrected chi connectivity index (χ4v) is 11.4. The molecular formula is C53H68ClFN10O7S2. The maximum atomic E-state index is 14.7. The molecule has 0 bridgehead atoms. The van der Waals surface area contributed by atoms with Crippen LogP contribution in [0.2, 0.25) is 5.02 Å². The zero-order valence-electron chi connectivity index (χ0n) is 42.8. The number of β-amino-alcohol motifs (C(OH)–C–C–N with tert-alkyl or cyclic N) is 1. The number of benzene rings is 2. The number of hydrogen-bond donors (Lipinski definition) is 5. The molecule has 8 rings (SSSR count). The van der Waals surface area contributed by atoms with E-state index in [1.807, 2.05) is 31.2 Å². The number of ether oxygens (including phenoxy) is 1. The lowest BCUT2D eigenvalue weighted by Crippen LogP contribution is -2.59. The Morgan fingerprint density at radius 2 is 1.76 bits per heavy atom. The molecule has 2 aromatic carbocycles. The second-order valence-corrected chi connectivity index (χ2v) is 23.9. The van der Waals surface area contributed by atoms with E-state index in [2.05, 4.69) is 42.7 Å². The number of carbonyl (C=O) groups is 5. The van der Waals surface area contributed by atoms with Crippen molar-refractivity contribution in [2.24, 2.45) is 22.5 Å². The van der Waals surface area contributed by atoms with Crippen molar-refractivity contribution in [2.75, 3.05) is 56.1 Å². The van der Waals surface area contributed by atoms with Crippen molar-refractivity contribution < 1.29 is 38.2 Å². The number of piperidine rings is 2. The second-order valence-electron chi connectivity index (χ2n) is 21.6. The van der Waals surface area contributed by atoms with Crippen LogP contribution in [0.3, 0.4) is 0 Å². The van der Waals surface area contributed by atoms with Gasteiger partial charge in [0.05, 0.1) is 51.9 Å². The Balaban J connectivity index is 0.816. The van der Waals surface area contributed by atoms with Crippen LogP contribution in [0.15, 0.2) is 64.2 Å². The summed E-state index contributed by atoms with van der Waals surface area (Å²) in [7, 11) is 0. The molecule has 4 aliphatic rings. The number of aromatic nitrogens is 3. The van der Waals surface area contributed by atoms with Crippen molar-refractivity contribution in [1.82, 2.24) is 35.4 Å². The van der Waals surface area contributed by atoms with Gasteiger partial charge in [0.1, 0.15) is 28.7 Å². The summed E-state index contributed by atoms with van der Waals surface area (Å²) in [4.78, 5) is 87.8. The summed E-state index contributed by atoms with van der Waals surface area (Å²) >= 11 is 9.64. The molecule has 5 amide bonds. The molecule has 3 aliphatic heterocycles. The summed E-state index contributed by atoms with van der Waals surface area (Å²) in [5, 5.41) is 20.2. The highest BCUT2D eigenvalue weighted by Gasteiger charge is 2.53. The Morgan fingerprint density at radius 3 is 2.41 bits per heavy atom. The van der Waals surface area contributed by atoms with Crippen LogP contribution >= 0.6 is 34.7 Å². The number of amides is 5. The average Bonchev–Trinajstić information content (AvgIpc) is 3.79. The van der Waals surface area contributed by atoms with Crippen LogP contribution in [0.25, 0.3) is 10.4 Å². The maximum absolute atomic E-state index is 14.7. The first kappa shape index (κ1) is 54.8. The van der Waals surface area contributed by atoms with Gasteiger partial charge in [-0.3, -0.25) is 24.0 Å². The van der Waals surface area contributed by atoms with E-state index in [1.165, 1.54) is 28.0 Å². The molecule has 4 fully saturated rings. The SMILES string of the molecule is Cc1ncsc1-c1ccc(CNC(=O)[C@@H]2C[C@@H](O)CN2C(=O)[C@@H](NC(=O)C2(F)CC2)C(C)(C)C)c(OCC2CCN(C(=O)CCC(=O)Nc3cccc(Sc4cnc(N5CCC(C)(CN)CC5)cn4)c3Cl)CC2)c1. The monoisotopic (exact) mass is 1070 g/mol. The molecule has 4 aromatic rings. The molecule has 6 N–H and O–H groups in total. The zero-order valence-corrected chi connectivity index (χ0v) is 45.1. The summed E-state index contributed by atoms with van der Waals surface area (Å²) in [5.41, 5.74) is 8.04. The minimum absolute atomic E-state index is 0.00270. The predicted molar refractivity (Wildman–Crippen MR) is 284 cm³/mol. The summed E-state index contributed by atoms with van der Waals surface area (Å²) in [6, 6.07) is 9.01. The Morgan fingerprint density at radius 1 is 1.01 bits per heavy atom. The Hall–Kier alpha value is -5.41. The highest BCUT2D eigenvalue weighted by atomic mass is 35.5. The number of aryl methyl sites for hydroxylation is 1. The Labute approximate surface area is 445 Å². The van der Waals surface area contributed by atoms with Crippen LogP contribution < -0.4 is 31.3 Å². The molecule has 3 atom stereocenters. The van der Waals surface area contributed by atoms with Gasteiger partial charge in [-0.05, 0) is 92.5 Å². The normalized spacial score (nSPS) is 19.9. The van der Waals surface area contributed by atoms with E-state index in [-0.39, 0.29) is 68.3 Å². The third-order valence-corrected chi connectivity index (χ3v) is 17.2. The first-order valence-electron chi connectivity index (χ1n) is 25.5. The molecule has 1 aliphatic carbocycles. The molecular weight excluding hydrogens is 1010 g/mol. The number of rotatable bonds is 18. The maximum Gasteiger partial charge on any atom is 0.258 e. The number of hydrogen-bond acceptors (Lipinski definition) is 14. The van der Waals surface area contributed by atoms with Gasteiger partial charge in [0.2, 0.25) is 23.6 Å². The Kier molecular flexibility index (Phi) is 17.2. The minimum Gasteiger partial charge on any atom is -0.493 e. The number of halogens is 2. The summed E-state index contributed by atoms with van der Waals surface area (Å²) < 4.78 is 21.2. The van der Waals surface area contributed by atoms with Crippen molar-refractivity contribution in [1.29, 1.82) is 0 Å². The smallest absolute Gasteiger partial charge is 0.258 e. The number of likely N-dealkylation sites (tertiary alicyclic amines) is 2. The lowest BCUT2D eigenvalue weighted by Gasteiger charge is -2.39. The van der Waals surface area contributed by atoms with Crippen LogP contribution in [0.1, 0.15) is 96.7 Å². The van der Waals surface area contributed by atoms with Crippen LogP contribution in [-0.4, -0.2) is 129 Å². The summed E-state index contributed by atoms with van der Waals surface area (Å²) in [5.74, 6) is -0.805. The van der Waals surface area contributed by atoms with Gasteiger partial charge in [0.25, 0.3) is 5.91 Å². The summed E-state index contributed by atoms with van der Waals surface area (Å²) in [6.45, 7) is 13.2. The Bertz CT molecular complexity index is 2690. The van der Waals surface area contributed by atoms with Crippen LogP contribution in [0, 0.1) is 23.7 Å². The molecule has 3 saturated heterocycles.